The number of aryl methyl sites for hydroxylation is 1. The predicted octanol–water partition coefficient (Wildman–Crippen LogP) is 3.51. The summed E-state index contributed by atoms with van der Waals surface area (Å²) < 4.78 is 5.28. The summed E-state index contributed by atoms with van der Waals surface area (Å²) in [5, 5.41) is 11.9. The summed E-state index contributed by atoms with van der Waals surface area (Å²) in [4.78, 5) is 0. The molecule has 19 heavy (non-hydrogen) atoms. The van der Waals surface area contributed by atoms with Crippen LogP contribution in [0.2, 0.25) is 0 Å². The average Bonchev–Trinajstić information content (AvgIpc) is 2.43. The van der Waals surface area contributed by atoms with Crippen molar-refractivity contribution in [2.75, 3.05) is 11.9 Å². The molecule has 0 spiro atoms. The van der Waals surface area contributed by atoms with Crippen LogP contribution in [-0.2, 0) is 6.54 Å². The van der Waals surface area contributed by atoms with E-state index in [4.69, 9.17) is 10.00 Å². The SMILES string of the molecule is Cc1cccc(NCc2cccc(OCC#N)c2)c1. The number of benzene rings is 2. The zero-order chi connectivity index (χ0) is 13.5. The van der Waals surface area contributed by atoms with Gasteiger partial charge in [-0.15, -0.1) is 0 Å². The second-order valence-electron chi connectivity index (χ2n) is 4.32. The highest BCUT2D eigenvalue weighted by molar-refractivity contribution is 5.46. The Morgan fingerprint density at radius 3 is 2.79 bits per heavy atom. The molecule has 0 aliphatic heterocycles. The number of nitrogens with zero attached hydrogens (tertiary/aromatic N) is 1. The van der Waals surface area contributed by atoms with Crippen LogP contribution in [0.25, 0.3) is 0 Å². The highest BCUT2D eigenvalue weighted by Gasteiger charge is 1.98. The van der Waals surface area contributed by atoms with Gasteiger partial charge in [-0.2, -0.15) is 5.26 Å². The van der Waals surface area contributed by atoms with Crippen LogP contribution in [0.3, 0.4) is 0 Å². The lowest BCUT2D eigenvalue weighted by molar-refractivity contribution is 0.368. The van der Waals surface area contributed by atoms with Crippen molar-refractivity contribution in [3.05, 3.63) is 59.7 Å². The van der Waals surface area contributed by atoms with E-state index in [1.807, 2.05) is 42.5 Å². The first-order valence-electron chi connectivity index (χ1n) is 6.17. The molecule has 96 valence electrons. The standard InChI is InChI=1S/C16H16N2O/c1-13-4-2-6-15(10-13)18-12-14-5-3-7-16(11-14)19-9-8-17/h2-7,10-11,18H,9,12H2,1H3. The molecule has 2 rings (SSSR count). The van der Waals surface area contributed by atoms with Crippen LogP contribution < -0.4 is 10.1 Å². The maximum absolute atomic E-state index is 8.49. The van der Waals surface area contributed by atoms with Crippen molar-refractivity contribution in [2.45, 2.75) is 13.5 Å². The van der Waals surface area contributed by atoms with Gasteiger partial charge in [-0.1, -0.05) is 24.3 Å². The minimum atomic E-state index is 0.0781. The van der Waals surface area contributed by atoms with Crippen LogP contribution in [-0.4, -0.2) is 6.61 Å². The summed E-state index contributed by atoms with van der Waals surface area (Å²) in [6.07, 6.45) is 0. The number of nitrogens with one attached hydrogen (secondary N) is 1. The number of hydrogen-bond acceptors (Lipinski definition) is 3. The number of rotatable bonds is 5. The Balaban J connectivity index is 1.98. The smallest absolute Gasteiger partial charge is 0.174 e. The average molecular weight is 252 g/mol. The van der Waals surface area contributed by atoms with Crippen LogP contribution in [0.1, 0.15) is 11.1 Å². The van der Waals surface area contributed by atoms with Gasteiger partial charge in [0.1, 0.15) is 11.8 Å². The molecular formula is C16H16N2O. The third-order valence-electron chi connectivity index (χ3n) is 2.72. The zero-order valence-corrected chi connectivity index (χ0v) is 10.9. The highest BCUT2D eigenvalue weighted by atomic mass is 16.5. The van der Waals surface area contributed by atoms with Gasteiger partial charge in [0.15, 0.2) is 6.61 Å². The lowest BCUT2D eigenvalue weighted by Gasteiger charge is -2.08. The molecule has 0 saturated heterocycles. The molecule has 0 aromatic heterocycles. The predicted molar refractivity (Wildman–Crippen MR) is 76.1 cm³/mol. The van der Waals surface area contributed by atoms with Gasteiger partial charge in [0.2, 0.25) is 0 Å². The molecule has 0 saturated carbocycles. The molecule has 0 atom stereocenters. The van der Waals surface area contributed by atoms with Gasteiger partial charge in [0.05, 0.1) is 0 Å². The van der Waals surface area contributed by atoms with Gasteiger partial charge in [0, 0.05) is 12.2 Å². The molecular weight excluding hydrogens is 236 g/mol. The van der Waals surface area contributed by atoms with Gasteiger partial charge in [-0.3, -0.25) is 0 Å². The molecule has 0 radical (unpaired) electrons. The summed E-state index contributed by atoms with van der Waals surface area (Å²) >= 11 is 0. The first kappa shape index (κ1) is 13.0. The number of nitriles is 1. The molecule has 2 aromatic rings. The fourth-order valence-electron chi connectivity index (χ4n) is 1.82. The summed E-state index contributed by atoms with van der Waals surface area (Å²) in [6.45, 7) is 2.88. The number of hydrogen-bond donors (Lipinski definition) is 1. The molecule has 2 aromatic carbocycles. The third kappa shape index (κ3) is 4.04. The summed E-state index contributed by atoms with van der Waals surface area (Å²) in [5.74, 6) is 0.727. The van der Waals surface area contributed by atoms with Crippen molar-refractivity contribution in [3.8, 4) is 11.8 Å². The van der Waals surface area contributed by atoms with Crippen LogP contribution in [0.15, 0.2) is 48.5 Å². The number of anilines is 1. The van der Waals surface area contributed by atoms with Crippen LogP contribution in [0.4, 0.5) is 5.69 Å². The summed E-state index contributed by atoms with van der Waals surface area (Å²) in [6, 6.07) is 18.0. The van der Waals surface area contributed by atoms with Crippen molar-refractivity contribution < 1.29 is 4.74 Å². The molecule has 0 heterocycles. The zero-order valence-electron chi connectivity index (χ0n) is 10.9. The van der Waals surface area contributed by atoms with Gasteiger partial charge < -0.3 is 10.1 Å². The highest BCUT2D eigenvalue weighted by Crippen LogP contribution is 2.15. The van der Waals surface area contributed by atoms with E-state index in [0.29, 0.717) is 0 Å². The molecule has 3 nitrogen and oxygen atoms in total. The topological polar surface area (TPSA) is 45.0 Å². The fourth-order valence-corrected chi connectivity index (χ4v) is 1.82. The van der Waals surface area contributed by atoms with E-state index in [-0.39, 0.29) is 6.61 Å². The van der Waals surface area contributed by atoms with E-state index in [9.17, 15) is 0 Å². The molecule has 0 fully saturated rings. The first-order valence-corrected chi connectivity index (χ1v) is 6.17. The lowest BCUT2D eigenvalue weighted by atomic mass is 10.2. The Morgan fingerprint density at radius 1 is 1.16 bits per heavy atom. The first-order chi connectivity index (χ1) is 9.28. The third-order valence-corrected chi connectivity index (χ3v) is 2.72. The Hall–Kier alpha value is -2.47. The number of ether oxygens (including phenoxy) is 1. The van der Waals surface area contributed by atoms with Gasteiger partial charge in [-0.25, -0.2) is 0 Å². The lowest BCUT2D eigenvalue weighted by Crippen LogP contribution is -2.00. The van der Waals surface area contributed by atoms with Gasteiger partial charge >= 0.3 is 0 Å². The van der Waals surface area contributed by atoms with E-state index >= 15 is 0 Å². The normalized spacial score (nSPS) is 9.68. The monoisotopic (exact) mass is 252 g/mol. The van der Waals surface area contributed by atoms with E-state index < -0.39 is 0 Å². The maximum Gasteiger partial charge on any atom is 0.174 e. The molecule has 1 N–H and O–H groups in total. The van der Waals surface area contributed by atoms with Crippen molar-refractivity contribution in [1.29, 1.82) is 5.26 Å². The van der Waals surface area contributed by atoms with Crippen molar-refractivity contribution in [3.63, 3.8) is 0 Å². The van der Waals surface area contributed by atoms with Crippen LogP contribution in [0.5, 0.6) is 5.75 Å². The van der Waals surface area contributed by atoms with Crippen molar-refractivity contribution in [2.24, 2.45) is 0 Å². The summed E-state index contributed by atoms with van der Waals surface area (Å²) in [7, 11) is 0. The van der Waals surface area contributed by atoms with E-state index in [2.05, 4.69) is 24.4 Å². The van der Waals surface area contributed by atoms with Gasteiger partial charge in [0.25, 0.3) is 0 Å². The molecule has 0 aliphatic carbocycles. The molecule has 0 aliphatic rings. The second-order valence-corrected chi connectivity index (χ2v) is 4.32. The largest absolute Gasteiger partial charge is 0.479 e. The molecule has 0 unspecified atom stereocenters. The van der Waals surface area contributed by atoms with Crippen molar-refractivity contribution in [1.82, 2.24) is 0 Å². The minimum absolute atomic E-state index is 0.0781. The molecule has 0 amide bonds. The van der Waals surface area contributed by atoms with E-state index in [1.165, 1.54) is 5.56 Å². The molecule has 3 heteroatoms. The Bertz CT molecular complexity index is 587. The summed E-state index contributed by atoms with van der Waals surface area (Å²) in [5.41, 5.74) is 3.45. The van der Waals surface area contributed by atoms with Crippen LogP contribution in [0, 0.1) is 18.3 Å². The van der Waals surface area contributed by atoms with E-state index in [0.717, 1.165) is 23.5 Å². The maximum atomic E-state index is 8.49. The van der Waals surface area contributed by atoms with Crippen LogP contribution >= 0.6 is 0 Å². The molecule has 0 bridgehead atoms. The van der Waals surface area contributed by atoms with Gasteiger partial charge in [-0.05, 0) is 42.3 Å². The minimum Gasteiger partial charge on any atom is -0.479 e. The quantitative estimate of drug-likeness (QED) is 0.885. The Labute approximate surface area is 113 Å². The Kier molecular flexibility index (Phi) is 4.41. The fraction of sp³-hybridized carbons (Fsp3) is 0.188. The van der Waals surface area contributed by atoms with E-state index in [1.54, 1.807) is 0 Å². The van der Waals surface area contributed by atoms with Crippen molar-refractivity contribution >= 4 is 5.69 Å². The second kappa shape index (κ2) is 6.46. The Morgan fingerprint density at radius 2 is 2.00 bits per heavy atom.